The van der Waals surface area contributed by atoms with Crippen molar-refractivity contribution in [3.8, 4) is 66.8 Å². The van der Waals surface area contributed by atoms with Gasteiger partial charge in [0.1, 0.15) is 0 Å². The summed E-state index contributed by atoms with van der Waals surface area (Å²) < 4.78 is 0. The first kappa shape index (κ1) is 42.1. The van der Waals surface area contributed by atoms with Gasteiger partial charge in [0.15, 0.2) is 0 Å². The largest absolute Gasteiger partial charge is 0.0622 e. The number of hydrogen-bond donors (Lipinski definition) is 0. The molecule has 0 aromatic heterocycles. The molecule has 15 aromatic carbocycles. The SMILES string of the molecule is c1ccc(-c2c3c(-c4ccccc4)c4c5ccccc5c5ccccc5c4c(-c4ccccc4)c3c(-c3ccccc3)c3c(-c4ccccc4)c4c5ccccc5c5ccccc5c4c(-c4ccccc4)c23)cc1. The van der Waals surface area contributed by atoms with Crippen LogP contribution in [0, 0.1) is 0 Å². The molecule has 0 aliphatic carbocycles. The summed E-state index contributed by atoms with van der Waals surface area (Å²) in [5, 5.41) is 19.9. The van der Waals surface area contributed by atoms with Gasteiger partial charge in [0, 0.05) is 0 Å². The Kier molecular flexibility index (Phi) is 9.68. The van der Waals surface area contributed by atoms with E-state index in [9.17, 15) is 0 Å². The molecule has 0 heterocycles. The molecule has 0 radical (unpaired) electrons. The lowest BCUT2D eigenvalue weighted by atomic mass is 9.72. The molecule has 0 aliphatic heterocycles. The van der Waals surface area contributed by atoms with E-state index in [1.165, 1.54) is 153 Å². The van der Waals surface area contributed by atoms with Gasteiger partial charge in [-0.2, -0.15) is 0 Å². The van der Waals surface area contributed by atoms with Crippen molar-refractivity contribution in [2.45, 2.75) is 0 Å². The standard InChI is InChI=1S/C74H46/c1-7-27-47(28-8-1)61-67-57-43-23-19-39-53(57)54-40-20-24-44-58(54)68(67)62(48-29-9-2-10-30-48)72-66(52-37-17-6-18-38-52)74-64(50-33-13-4-14-34-50)70-60-46-26-22-42-56(60)55-41-21-25-45-59(55)69(70)63(49-31-11-3-12-32-49)73(74)65(71(61)72)51-35-15-5-16-36-51/h1-46H. The van der Waals surface area contributed by atoms with E-state index in [1.807, 2.05) is 0 Å². The molecule has 0 fully saturated rings. The molecule has 0 nitrogen and oxygen atoms in total. The third-order valence-electron chi connectivity index (χ3n) is 15.7. The number of fused-ring (bicyclic) bond motifs is 14. The molecule has 74 heavy (non-hydrogen) atoms. The summed E-state index contributed by atoms with van der Waals surface area (Å²) in [6.07, 6.45) is 0. The first-order valence-corrected chi connectivity index (χ1v) is 25.8. The highest BCUT2D eigenvalue weighted by atomic mass is 14.3. The minimum atomic E-state index is 1.17. The van der Waals surface area contributed by atoms with Gasteiger partial charge in [-0.3, -0.25) is 0 Å². The zero-order valence-electron chi connectivity index (χ0n) is 40.6. The molecule has 0 heteroatoms. The van der Waals surface area contributed by atoms with Gasteiger partial charge in [-0.25, -0.2) is 0 Å². The van der Waals surface area contributed by atoms with Crippen LogP contribution < -0.4 is 0 Å². The van der Waals surface area contributed by atoms with E-state index < -0.39 is 0 Å². The fraction of sp³-hybridized carbons (Fsp3) is 0. The fourth-order valence-corrected chi connectivity index (χ4v) is 12.9. The average molecular weight is 935 g/mol. The van der Waals surface area contributed by atoms with E-state index in [4.69, 9.17) is 0 Å². The van der Waals surface area contributed by atoms with Crippen LogP contribution in [0.1, 0.15) is 0 Å². The first-order chi connectivity index (χ1) is 36.8. The summed E-state index contributed by atoms with van der Waals surface area (Å²) in [5.41, 5.74) is 14.4. The van der Waals surface area contributed by atoms with Crippen LogP contribution in [0.2, 0.25) is 0 Å². The minimum absolute atomic E-state index is 1.17. The quantitative estimate of drug-likeness (QED) is 0.115. The van der Waals surface area contributed by atoms with Crippen molar-refractivity contribution in [2.24, 2.45) is 0 Å². The Balaban J connectivity index is 1.43. The van der Waals surface area contributed by atoms with Crippen LogP contribution in [0.5, 0.6) is 0 Å². The van der Waals surface area contributed by atoms with Gasteiger partial charge in [0.05, 0.1) is 0 Å². The number of hydrogen-bond acceptors (Lipinski definition) is 0. The van der Waals surface area contributed by atoms with E-state index >= 15 is 0 Å². The van der Waals surface area contributed by atoms with E-state index in [1.54, 1.807) is 0 Å². The molecular formula is C74H46. The fourth-order valence-electron chi connectivity index (χ4n) is 12.9. The molecule has 0 unspecified atom stereocenters. The van der Waals surface area contributed by atoms with E-state index in [2.05, 4.69) is 279 Å². The highest BCUT2D eigenvalue weighted by molar-refractivity contribution is 6.46. The summed E-state index contributed by atoms with van der Waals surface area (Å²) in [4.78, 5) is 0. The maximum atomic E-state index is 2.37. The number of benzene rings is 15. The summed E-state index contributed by atoms with van der Waals surface area (Å²) >= 11 is 0. The Hall–Kier alpha value is -9.62. The Morgan fingerprint density at radius 2 is 0.243 bits per heavy atom. The van der Waals surface area contributed by atoms with Crippen LogP contribution in [-0.4, -0.2) is 0 Å². The predicted octanol–water partition coefficient (Wildman–Crippen LogP) is 20.9. The van der Waals surface area contributed by atoms with Gasteiger partial charge < -0.3 is 0 Å². The first-order valence-electron chi connectivity index (χ1n) is 25.8. The van der Waals surface area contributed by atoms with Gasteiger partial charge in [-0.05, 0) is 153 Å². The zero-order valence-corrected chi connectivity index (χ0v) is 40.6. The lowest BCUT2D eigenvalue weighted by molar-refractivity contribution is 1.63. The molecule has 0 atom stereocenters. The normalized spacial score (nSPS) is 11.8. The summed E-state index contributed by atoms with van der Waals surface area (Å²) in [6, 6.07) is 104. The smallest absolute Gasteiger partial charge is 0.0000925 e. The molecule has 0 amide bonds. The van der Waals surface area contributed by atoms with Crippen molar-refractivity contribution >= 4 is 86.2 Å². The third-order valence-corrected chi connectivity index (χ3v) is 15.7. The van der Waals surface area contributed by atoms with E-state index in [0.29, 0.717) is 0 Å². The Morgan fingerprint density at radius 1 is 0.108 bits per heavy atom. The zero-order chi connectivity index (χ0) is 48.7. The maximum Gasteiger partial charge on any atom is -0.0000925 e. The van der Waals surface area contributed by atoms with Gasteiger partial charge in [-0.1, -0.05) is 279 Å². The number of rotatable bonds is 6. The molecular weight excluding hydrogens is 889 g/mol. The lowest BCUT2D eigenvalue weighted by Gasteiger charge is -2.30. The van der Waals surface area contributed by atoms with Gasteiger partial charge in [-0.15, -0.1) is 0 Å². The molecule has 0 saturated heterocycles. The second-order valence-corrected chi connectivity index (χ2v) is 19.6. The third kappa shape index (κ3) is 6.22. The van der Waals surface area contributed by atoms with Gasteiger partial charge in [0.25, 0.3) is 0 Å². The van der Waals surface area contributed by atoms with Crippen molar-refractivity contribution in [1.29, 1.82) is 0 Å². The van der Waals surface area contributed by atoms with Crippen LogP contribution in [0.3, 0.4) is 0 Å². The average Bonchev–Trinajstić information content (AvgIpc) is 3.52. The topological polar surface area (TPSA) is 0 Å². The highest BCUT2D eigenvalue weighted by Gasteiger charge is 2.33. The van der Waals surface area contributed by atoms with Crippen LogP contribution in [0.4, 0.5) is 0 Å². The molecule has 15 aromatic rings. The van der Waals surface area contributed by atoms with Crippen molar-refractivity contribution in [2.75, 3.05) is 0 Å². The molecule has 0 saturated carbocycles. The lowest BCUT2D eigenvalue weighted by Crippen LogP contribution is -2.02. The summed E-state index contributed by atoms with van der Waals surface area (Å²) in [7, 11) is 0. The Labute approximate surface area is 429 Å². The predicted molar refractivity (Wildman–Crippen MR) is 319 cm³/mol. The molecule has 342 valence electrons. The van der Waals surface area contributed by atoms with Crippen LogP contribution in [0.15, 0.2) is 279 Å². The molecule has 0 aliphatic rings. The second kappa shape index (κ2) is 17.0. The van der Waals surface area contributed by atoms with Crippen LogP contribution in [-0.2, 0) is 0 Å². The van der Waals surface area contributed by atoms with Crippen molar-refractivity contribution in [3.05, 3.63) is 279 Å². The highest BCUT2D eigenvalue weighted by Crippen LogP contribution is 2.61. The monoisotopic (exact) mass is 934 g/mol. The minimum Gasteiger partial charge on any atom is -0.0622 e. The molecule has 0 N–H and O–H groups in total. The van der Waals surface area contributed by atoms with E-state index in [-0.39, 0.29) is 0 Å². The maximum absolute atomic E-state index is 2.37. The van der Waals surface area contributed by atoms with E-state index in [0.717, 1.165) is 0 Å². The van der Waals surface area contributed by atoms with Crippen molar-refractivity contribution < 1.29 is 0 Å². The molecule has 15 rings (SSSR count). The Bertz CT molecular complexity index is 4130. The summed E-state index contributed by atoms with van der Waals surface area (Å²) in [5.74, 6) is 0. The van der Waals surface area contributed by atoms with Crippen molar-refractivity contribution in [1.82, 2.24) is 0 Å². The molecule has 0 spiro atoms. The van der Waals surface area contributed by atoms with Crippen LogP contribution in [0.25, 0.3) is 153 Å². The Morgan fingerprint density at radius 3 is 0.419 bits per heavy atom. The van der Waals surface area contributed by atoms with Gasteiger partial charge >= 0.3 is 0 Å². The second-order valence-electron chi connectivity index (χ2n) is 19.6. The van der Waals surface area contributed by atoms with Crippen LogP contribution >= 0.6 is 0 Å². The van der Waals surface area contributed by atoms with Crippen molar-refractivity contribution in [3.63, 3.8) is 0 Å². The molecule has 0 bridgehead atoms. The van der Waals surface area contributed by atoms with Gasteiger partial charge in [0.2, 0.25) is 0 Å². The summed E-state index contributed by atoms with van der Waals surface area (Å²) in [6.45, 7) is 0.